The van der Waals surface area contributed by atoms with E-state index in [4.69, 9.17) is 16.3 Å². The summed E-state index contributed by atoms with van der Waals surface area (Å²) in [6, 6.07) is 8.03. The fourth-order valence-corrected chi connectivity index (χ4v) is 1.64. The van der Waals surface area contributed by atoms with Crippen molar-refractivity contribution in [3.8, 4) is 18.1 Å². The summed E-state index contributed by atoms with van der Waals surface area (Å²) in [5.74, 6) is 3.50. The van der Waals surface area contributed by atoms with E-state index < -0.39 is 0 Å². The van der Waals surface area contributed by atoms with E-state index in [1.807, 2.05) is 24.3 Å². The van der Waals surface area contributed by atoms with Crippen LogP contribution in [0.1, 0.15) is 24.8 Å². The van der Waals surface area contributed by atoms with E-state index in [0.29, 0.717) is 6.61 Å². The standard InChI is InChI=1S/C12H14O.C4H9NO/c1-3-4-5-10-13-12-8-6-11(2)7-9-12;6-4-1-2-5-3-4/h1,6-9H,4-5,10H2,2H3;4-6H,1-3H2/t;4-/m.1/s1. The number of aryl methyl sites for hydroxylation is 1. The van der Waals surface area contributed by atoms with Gasteiger partial charge in [-0.1, -0.05) is 17.7 Å². The zero-order valence-electron chi connectivity index (χ0n) is 11.6. The summed E-state index contributed by atoms with van der Waals surface area (Å²) >= 11 is 0. The van der Waals surface area contributed by atoms with Crippen molar-refractivity contribution >= 4 is 0 Å². The van der Waals surface area contributed by atoms with Crippen molar-refractivity contribution in [3.63, 3.8) is 0 Å². The van der Waals surface area contributed by atoms with Crippen molar-refractivity contribution in [2.45, 2.75) is 32.3 Å². The van der Waals surface area contributed by atoms with Gasteiger partial charge in [0.15, 0.2) is 0 Å². The SMILES string of the molecule is C#CCCCOc1ccc(C)cc1.O[C@@H]1CCNC1. The predicted octanol–water partition coefficient (Wildman–Crippen LogP) is 2.13. The number of ether oxygens (including phenoxy) is 1. The topological polar surface area (TPSA) is 41.5 Å². The predicted molar refractivity (Wildman–Crippen MR) is 78.2 cm³/mol. The monoisotopic (exact) mass is 261 g/mol. The molecule has 0 aromatic heterocycles. The molecule has 2 N–H and O–H groups in total. The minimum atomic E-state index is -0.0648. The summed E-state index contributed by atoms with van der Waals surface area (Å²) in [6.07, 6.45) is 7.69. The third-order valence-electron chi connectivity index (χ3n) is 2.79. The van der Waals surface area contributed by atoms with Crippen LogP contribution in [-0.2, 0) is 0 Å². The molecule has 19 heavy (non-hydrogen) atoms. The average molecular weight is 261 g/mol. The van der Waals surface area contributed by atoms with Crippen molar-refractivity contribution in [2.24, 2.45) is 0 Å². The second-order valence-electron chi connectivity index (χ2n) is 4.62. The van der Waals surface area contributed by atoms with Crippen LogP contribution in [0.4, 0.5) is 0 Å². The molecule has 0 bridgehead atoms. The van der Waals surface area contributed by atoms with Crippen LogP contribution in [-0.4, -0.2) is 30.9 Å². The van der Waals surface area contributed by atoms with Gasteiger partial charge in [-0.2, -0.15) is 0 Å². The maximum absolute atomic E-state index is 8.67. The zero-order chi connectivity index (χ0) is 13.9. The second-order valence-corrected chi connectivity index (χ2v) is 4.62. The molecule has 1 aromatic carbocycles. The number of rotatable bonds is 4. The number of unbranched alkanes of at least 4 members (excludes halogenated alkanes) is 1. The lowest BCUT2D eigenvalue weighted by Gasteiger charge is -2.04. The molecule has 1 saturated heterocycles. The first-order valence-corrected chi connectivity index (χ1v) is 6.74. The summed E-state index contributed by atoms with van der Waals surface area (Å²) in [5, 5.41) is 11.7. The van der Waals surface area contributed by atoms with E-state index in [1.54, 1.807) is 0 Å². The highest BCUT2D eigenvalue weighted by molar-refractivity contribution is 5.26. The van der Waals surface area contributed by atoms with E-state index in [1.165, 1.54) is 5.56 Å². The quantitative estimate of drug-likeness (QED) is 0.644. The fourth-order valence-electron chi connectivity index (χ4n) is 1.64. The number of aliphatic hydroxyl groups is 1. The molecule has 104 valence electrons. The molecule has 0 spiro atoms. The highest BCUT2D eigenvalue weighted by atomic mass is 16.5. The molecule has 0 amide bonds. The normalized spacial score (nSPS) is 17.2. The van der Waals surface area contributed by atoms with Crippen LogP contribution >= 0.6 is 0 Å². The van der Waals surface area contributed by atoms with Crippen molar-refractivity contribution < 1.29 is 9.84 Å². The number of benzene rings is 1. The molecule has 1 atom stereocenters. The van der Waals surface area contributed by atoms with Gasteiger partial charge >= 0.3 is 0 Å². The van der Waals surface area contributed by atoms with Crippen molar-refractivity contribution in [1.29, 1.82) is 0 Å². The minimum absolute atomic E-state index is 0.0648. The molecule has 2 rings (SSSR count). The summed E-state index contributed by atoms with van der Waals surface area (Å²) in [6.45, 7) is 4.54. The Balaban J connectivity index is 0.000000250. The Morgan fingerprint density at radius 2 is 2.16 bits per heavy atom. The number of aliphatic hydroxyl groups excluding tert-OH is 1. The van der Waals surface area contributed by atoms with Gasteiger partial charge in [0.25, 0.3) is 0 Å². The van der Waals surface area contributed by atoms with Crippen LogP contribution < -0.4 is 10.1 Å². The van der Waals surface area contributed by atoms with E-state index in [0.717, 1.165) is 38.1 Å². The minimum Gasteiger partial charge on any atom is -0.494 e. The number of hydrogen-bond acceptors (Lipinski definition) is 3. The van der Waals surface area contributed by atoms with Crippen molar-refractivity contribution in [2.75, 3.05) is 19.7 Å². The zero-order valence-corrected chi connectivity index (χ0v) is 11.6. The van der Waals surface area contributed by atoms with Gasteiger partial charge in [-0.3, -0.25) is 0 Å². The van der Waals surface area contributed by atoms with E-state index >= 15 is 0 Å². The molecule has 0 saturated carbocycles. The first kappa shape index (κ1) is 15.6. The van der Waals surface area contributed by atoms with Gasteiger partial charge in [0, 0.05) is 13.0 Å². The Labute approximate surface area is 116 Å². The first-order chi connectivity index (χ1) is 9.22. The number of β-amino-alcohol motifs (C(OH)–C–C–N with tert-alkyl or cyclic N) is 1. The maximum atomic E-state index is 8.67. The Morgan fingerprint density at radius 1 is 1.42 bits per heavy atom. The van der Waals surface area contributed by atoms with E-state index in [9.17, 15) is 0 Å². The highest BCUT2D eigenvalue weighted by Gasteiger charge is 2.08. The van der Waals surface area contributed by atoms with Gasteiger partial charge in [-0.25, -0.2) is 0 Å². The van der Waals surface area contributed by atoms with E-state index in [2.05, 4.69) is 18.2 Å². The van der Waals surface area contributed by atoms with Gasteiger partial charge in [-0.05, 0) is 38.4 Å². The van der Waals surface area contributed by atoms with Crippen molar-refractivity contribution in [3.05, 3.63) is 29.8 Å². The molecule has 1 aromatic rings. The lowest BCUT2D eigenvalue weighted by Crippen LogP contribution is -2.11. The van der Waals surface area contributed by atoms with E-state index in [-0.39, 0.29) is 6.10 Å². The summed E-state index contributed by atoms with van der Waals surface area (Å²) < 4.78 is 5.47. The third kappa shape index (κ3) is 7.50. The number of nitrogens with one attached hydrogen (secondary N) is 1. The Bertz CT molecular complexity index is 375. The van der Waals surface area contributed by atoms with Crippen LogP contribution in [0.15, 0.2) is 24.3 Å². The molecular formula is C16H23NO2. The van der Waals surface area contributed by atoms with Crippen LogP contribution in [0.5, 0.6) is 5.75 Å². The van der Waals surface area contributed by atoms with Crippen LogP contribution in [0.2, 0.25) is 0 Å². The maximum Gasteiger partial charge on any atom is 0.119 e. The molecule has 3 nitrogen and oxygen atoms in total. The molecule has 1 heterocycles. The third-order valence-corrected chi connectivity index (χ3v) is 2.79. The lowest BCUT2D eigenvalue weighted by molar-refractivity contribution is 0.196. The largest absolute Gasteiger partial charge is 0.494 e. The van der Waals surface area contributed by atoms with Gasteiger partial charge in [0.2, 0.25) is 0 Å². The number of hydrogen-bond donors (Lipinski definition) is 2. The summed E-state index contributed by atoms with van der Waals surface area (Å²) in [5.41, 5.74) is 1.25. The Morgan fingerprint density at radius 3 is 2.63 bits per heavy atom. The van der Waals surface area contributed by atoms with Crippen LogP contribution in [0, 0.1) is 19.3 Å². The molecule has 0 radical (unpaired) electrons. The smallest absolute Gasteiger partial charge is 0.119 e. The second kappa shape index (κ2) is 9.43. The first-order valence-electron chi connectivity index (χ1n) is 6.74. The molecule has 3 heteroatoms. The highest BCUT2D eigenvalue weighted by Crippen LogP contribution is 2.11. The number of terminal acetylenes is 1. The molecular weight excluding hydrogens is 238 g/mol. The van der Waals surface area contributed by atoms with Gasteiger partial charge in [0.05, 0.1) is 12.7 Å². The molecule has 1 fully saturated rings. The Hall–Kier alpha value is -1.50. The van der Waals surface area contributed by atoms with Crippen molar-refractivity contribution in [1.82, 2.24) is 5.32 Å². The van der Waals surface area contributed by atoms with Gasteiger partial charge in [-0.15, -0.1) is 12.3 Å². The average Bonchev–Trinajstić information content (AvgIpc) is 2.89. The fraction of sp³-hybridized carbons (Fsp3) is 0.500. The lowest BCUT2D eigenvalue weighted by atomic mass is 10.2. The Kier molecular flexibility index (Phi) is 7.72. The molecule has 1 aliphatic heterocycles. The summed E-state index contributed by atoms with van der Waals surface area (Å²) in [4.78, 5) is 0. The van der Waals surface area contributed by atoms with Gasteiger partial charge in [0.1, 0.15) is 5.75 Å². The molecule has 1 aliphatic rings. The molecule has 0 unspecified atom stereocenters. The molecule has 0 aliphatic carbocycles. The summed E-state index contributed by atoms with van der Waals surface area (Å²) in [7, 11) is 0. The van der Waals surface area contributed by atoms with Gasteiger partial charge < -0.3 is 15.2 Å². The van der Waals surface area contributed by atoms with Crippen LogP contribution in [0.25, 0.3) is 0 Å². The van der Waals surface area contributed by atoms with Crippen LogP contribution in [0.3, 0.4) is 0 Å².